The quantitative estimate of drug-likeness (QED) is 0.329. The Morgan fingerprint density at radius 3 is 1.79 bits per heavy atom. The van der Waals surface area contributed by atoms with Crippen molar-refractivity contribution in [3.8, 4) is 21.1 Å². The number of hydrogen-bond acceptors (Lipinski definition) is 10. The van der Waals surface area contributed by atoms with Crippen molar-refractivity contribution in [2.24, 2.45) is 11.5 Å². The minimum Gasteiger partial charge on any atom is -0.325 e. The van der Waals surface area contributed by atoms with Crippen molar-refractivity contribution < 1.29 is 4.39 Å². The monoisotopic (exact) mass is 568 g/mol. The minimum absolute atomic E-state index is 0.193. The van der Waals surface area contributed by atoms with Gasteiger partial charge in [0.2, 0.25) is 9.92 Å². The number of aromatic nitrogens is 6. The Bertz CT molecular complexity index is 1880. The van der Waals surface area contributed by atoms with Crippen LogP contribution in [0.25, 0.3) is 31.1 Å². The first-order chi connectivity index (χ1) is 18.3. The van der Waals surface area contributed by atoms with Gasteiger partial charge in [-0.3, -0.25) is 9.59 Å². The average Bonchev–Trinajstić information content (AvgIpc) is 3.55. The van der Waals surface area contributed by atoms with E-state index >= 15 is 0 Å². The molecular formula is C24H18ClFN8O2S2. The van der Waals surface area contributed by atoms with Crippen LogP contribution in [0.1, 0.15) is 11.4 Å². The van der Waals surface area contributed by atoms with Gasteiger partial charge in [-0.15, -0.1) is 0 Å². The molecule has 6 aromatic rings. The van der Waals surface area contributed by atoms with Crippen molar-refractivity contribution in [2.45, 2.75) is 13.1 Å². The second-order valence-electron chi connectivity index (χ2n) is 7.80. The lowest BCUT2D eigenvalue weighted by Crippen LogP contribution is -2.16. The number of nitrogens with zero attached hydrogens (tertiary/aromatic N) is 6. The SMILES string of the molecule is NCc1cc(=O)n2nc(-c3ccc(Cl)cc3)sc2n1.NCc1cc(=O)n2nc(-c3cccc(F)c3)sc2n1. The van der Waals surface area contributed by atoms with E-state index in [9.17, 15) is 14.0 Å². The molecule has 0 saturated heterocycles. The van der Waals surface area contributed by atoms with Crippen LogP contribution < -0.4 is 22.6 Å². The fourth-order valence-electron chi connectivity index (χ4n) is 3.37. The molecule has 38 heavy (non-hydrogen) atoms. The molecule has 0 amide bonds. The van der Waals surface area contributed by atoms with Gasteiger partial charge in [-0.2, -0.15) is 19.2 Å². The van der Waals surface area contributed by atoms with E-state index in [1.165, 1.54) is 56.0 Å². The molecule has 0 spiro atoms. The maximum Gasteiger partial charge on any atom is 0.275 e. The largest absolute Gasteiger partial charge is 0.325 e. The maximum absolute atomic E-state index is 13.2. The number of rotatable bonds is 4. The molecule has 192 valence electrons. The summed E-state index contributed by atoms with van der Waals surface area (Å²) in [6, 6.07) is 16.1. The van der Waals surface area contributed by atoms with Crippen molar-refractivity contribution in [1.82, 2.24) is 29.2 Å². The Morgan fingerprint density at radius 1 is 0.763 bits per heavy atom. The maximum atomic E-state index is 13.2. The molecule has 4 N–H and O–H groups in total. The van der Waals surface area contributed by atoms with E-state index in [-0.39, 0.29) is 30.0 Å². The minimum atomic E-state index is -0.347. The van der Waals surface area contributed by atoms with Crippen molar-refractivity contribution in [3.05, 3.63) is 104 Å². The summed E-state index contributed by atoms with van der Waals surface area (Å²) >= 11 is 8.41. The number of benzene rings is 2. The van der Waals surface area contributed by atoms with E-state index in [1.807, 2.05) is 12.1 Å². The van der Waals surface area contributed by atoms with E-state index in [4.69, 9.17) is 23.1 Å². The summed E-state index contributed by atoms with van der Waals surface area (Å²) < 4.78 is 15.7. The molecule has 0 radical (unpaired) electrons. The molecule has 0 aliphatic heterocycles. The van der Waals surface area contributed by atoms with E-state index < -0.39 is 0 Å². The first-order valence-electron chi connectivity index (χ1n) is 11.1. The summed E-state index contributed by atoms with van der Waals surface area (Å²) in [6.07, 6.45) is 0. The molecule has 4 aromatic heterocycles. The third-order valence-electron chi connectivity index (χ3n) is 5.18. The Morgan fingerprint density at radius 2 is 1.29 bits per heavy atom. The molecule has 0 atom stereocenters. The molecule has 0 unspecified atom stereocenters. The van der Waals surface area contributed by atoms with Gasteiger partial charge in [0.25, 0.3) is 11.1 Å². The lowest BCUT2D eigenvalue weighted by atomic mass is 10.2. The molecule has 0 fully saturated rings. The van der Waals surface area contributed by atoms with Crippen LogP contribution in [0.15, 0.2) is 70.3 Å². The molecule has 0 saturated carbocycles. The van der Waals surface area contributed by atoms with Gasteiger partial charge in [0, 0.05) is 41.4 Å². The molecule has 14 heteroatoms. The zero-order chi connectivity index (χ0) is 26.8. The molecule has 10 nitrogen and oxygen atoms in total. The Labute approximate surface area is 226 Å². The first-order valence-corrected chi connectivity index (χ1v) is 13.1. The molecule has 0 aliphatic carbocycles. The lowest BCUT2D eigenvalue weighted by molar-refractivity contribution is 0.628. The molecule has 4 heterocycles. The molecule has 0 aliphatic rings. The topological polar surface area (TPSA) is 147 Å². The Hall–Kier alpha value is -3.88. The van der Waals surface area contributed by atoms with Crippen LogP contribution in [0.5, 0.6) is 0 Å². The predicted molar refractivity (Wildman–Crippen MR) is 146 cm³/mol. The van der Waals surface area contributed by atoms with Crippen LogP contribution in [0.4, 0.5) is 4.39 Å². The summed E-state index contributed by atoms with van der Waals surface area (Å²) in [5.41, 5.74) is 13.1. The van der Waals surface area contributed by atoms with Crippen LogP contribution in [0.3, 0.4) is 0 Å². The van der Waals surface area contributed by atoms with Crippen LogP contribution >= 0.6 is 34.3 Å². The van der Waals surface area contributed by atoms with Crippen molar-refractivity contribution in [3.63, 3.8) is 0 Å². The van der Waals surface area contributed by atoms with Gasteiger partial charge in [0.15, 0.2) is 0 Å². The second kappa shape index (κ2) is 10.8. The van der Waals surface area contributed by atoms with Crippen LogP contribution in [-0.2, 0) is 13.1 Å². The zero-order valence-electron chi connectivity index (χ0n) is 19.4. The highest BCUT2D eigenvalue weighted by molar-refractivity contribution is 7.20. The first kappa shape index (κ1) is 25.8. The smallest absolute Gasteiger partial charge is 0.275 e. The van der Waals surface area contributed by atoms with E-state index in [2.05, 4.69) is 20.2 Å². The highest BCUT2D eigenvalue weighted by atomic mass is 35.5. The van der Waals surface area contributed by atoms with Crippen LogP contribution in [-0.4, -0.2) is 29.2 Å². The summed E-state index contributed by atoms with van der Waals surface area (Å²) in [5, 5.41) is 10.3. The summed E-state index contributed by atoms with van der Waals surface area (Å²) in [4.78, 5) is 33.2. The highest BCUT2D eigenvalue weighted by Crippen LogP contribution is 2.26. The number of nitrogens with two attached hydrogens (primary N) is 2. The van der Waals surface area contributed by atoms with Crippen molar-refractivity contribution >= 4 is 44.2 Å². The molecule has 2 aromatic carbocycles. The average molecular weight is 569 g/mol. The van der Waals surface area contributed by atoms with Gasteiger partial charge < -0.3 is 11.5 Å². The van der Waals surface area contributed by atoms with Gasteiger partial charge in [0.1, 0.15) is 15.8 Å². The van der Waals surface area contributed by atoms with E-state index in [0.29, 0.717) is 36.9 Å². The Balaban J connectivity index is 0.000000155. The fourth-order valence-corrected chi connectivity index (χ4v) is 5.34. The third-order valence-corrected chi connectivity index (χ3v) is 7.34. The second-order valence-corrected chi connectivity index (χ2v) is 10.1. The summed E-state index contributed by atoms with van der Waals surface area (Å²) in [6.45, 7) is 0.429. The van der Waals surface area contributed by atoms with Gasteiger partial charge in [0.05, 0.1) is 11.4 Å². The number of hydrogen-bond donors (Lipinski definition) is 2. The summed E-state index contributed by atoms with van der Waals surface area (Å²) in [5.74, 6) is -0.347. The van der Waals surface area contributed by atoms with Gasteiger partial charge in [-0.05, 0) is 24.3 Å². The fraction of sp³-hybridized carbons (Fsp3) is 0.0833. The van der Waals surface area contributed by atoms with E-state index in [1.54, 1.807) is 24.3 Å². The zero-order valence-corrected chi connectivity index (χ0v) is 21.8. The number of fused-ring (bicyclic) bond motifs is 2. The lowest BCUT2D eigenvalue weighted by Gasteiger charge is -1.94. The van der Waals surface area contributed by atoms with Gasteiger partial charge in [-0.1, -0.05) is 58.5 Å². The molecule has 6 rings (SSSR count). The highest BCUT2D eigenvalue weighted by Gasteiger charge is 2.11. The van der Waals surface area contributed by atoms with Crippen molar-refractivity contribution in [1.29, 1.82) is 0 Å². The number of halogens is 2. The molecular weight excluding hydrogens is 551 g/mol. The standard InChI is InChI=1S/C12H9ClN4OS.C12H9FN4OS/c13-8-3-1-7(2-4-8)11-16-17-10(18)5-9(6-14)15-12(17)19-11;13-8-3-1-2-7(4-8)11-16-17-10(18)5-9(6-14)15-12(17)19-11/h2*1-5H,6,14H2. The van der Waals surface area contributed by atoms with Gasteiger partial charge >= 0.3 is 0 Å². The third kappa shape index (κ3) is 5.37. The van der Waals surface area contributed by atoms with Crippen molar-refractivity contribution in [2.75, 3.05) is 0 Å². The van der Waals surface area contributed by atoms with Crippen LogP contribution in [0, 0.1) is 5.82 Å². The van der Waals surface area contributed by atoms with E-state index in [0.717, 1.165) is 10.6 Å². The van der Waals surface area contributed by atoms with Gasteiger partial charge in [-0.25, -0.2) is 14.4 Å². The summed E-state index contributed by atoms with van der Waals surface area (Å²) in [7, 11) is 0. The molecule has 0 bridgehead atoms. The predicted octanol–water partition coefficient (Wildman–Crippen LogP) is 3.35. The van der Waals surface area contributed by atoms with Crippen LogP contribution in [0.2, 0.25) is 5.02 Å². The Kier molecular flexibility index (Phi) is 7.35. The normalized spacial score (nSPS) is 11.1.